The van der Waals surface area contributed by atoms with Crippen molar-refractivity contribution in [1.29, 1.82) is 0 Å². The second kappa shape index (κ2) is 5.85. The number of halogens is 1. The highest BCUT2D eigenvalue weighted by Gasteiger charge is 2.39. The molecule has 0 radical (unpaired) electrons. The van der Waals surface area contributed by atoms with E-state index in [0.29, 0.717) is 6.54 Å². The third-order valence-corrected chi connectivity index (χ3v) is 4.42. The quantitative estimate of drug-likeness (QED) is 0.885. The number of thiophene rings is 1. The lowest BCUT2D eigenvalue weighted by Gasteiger charge is -2.36. The van der Waals surface area contributed by atoms with Gasteiger partial charge in [0, 0.05) is 9.75 Å². The Bertz CT molecular complexity index is 388. The van der Waals surface area contributed by atoms with Crippen LogP contribution < -0.4 is 11.1 Å². The minimum absolute atomic E-state index is 0. The zero-order valence-electron chi connectivity index (χ0n) is 9.99. The maximum absolute atomic E-state index is 11.8. The minimum atomic E-state index is -0.579. The molecule has 17 heavy (non-hydrogen) atoms. The van der Waals surface area contributed by atoms with Crippen molar-refractivity contribution in [2.24, 2.45) is 5.73 Å². The molecule has 1 aromatic heterocycles. The summed E-state index contributed by atoms with van der Waals surface area (Å²) in [6, 6.07) is 4.20. The van der Waals surface area contributed by atoms with Crippen molar-refractivity contribution >= 4 is 29.7 Å². The fraction of sp³-hybridized carbons (Fsp3) is 0.583. The number of hydrogen-bond donors (Lipinski definition) is 2. The normalized spacial score (nSPS) is 16.8. The highest BCUT2D eigenvalue weighted by Crippen LogP contribution is 2.29. The van der Waals surface area contributed by atoms with Crippen LogP contribution in [0.25, 0.3) is 0 Å². The molecule has 96 valence electrons. The maximum Gasteiger partial charge on any atom is 0.240 e. The molecule has 0 spiro atoms. The van der Waals surface area contributed by atoms with E-state index in [1.165, 1.54) is 9.75 Å². The predicted molar refractivity (Wildman–Crippen MR) is 73.6 cm³/mol. The molecule has 1 aromatic rings. The number of aryl methyl sites for hydroxylation is 1. The molecule has 1 saturated carbocycles. The first-order valence-corrected chi connectivity index (χ1v) is 6.60. The van der Waals surface area contributed by atoms with Gasteiger partial charge < -0.3 is 11.1 Å². The second-order valence-electron chi connectivity index (χ2n) is 4.41. The van der Waals surface area contributed by atoms with Gasteiger partial charge in [0.05, 0.1) is 12.1 Å². The molecule has 0 atom stereocenters. The van der Waals surface area contributed by atoms with Crippen LogP contribution in [0.2, 0.25) is 0 Å². The van der Waals surface area contributed by atoms with Crippen LogP contribution in [-0.4, -0.2) is 11.4 Å². The number of amides is 1. The highest BCUT2D eigenvalue weighted by atomic mass is 35.5. The molecule has 3 N–H and O–H groups in total. The van der Waals surface area contributed by atoms with Crippen LogP contribution in [0, 0.1) is 0 Å². The van der Waals surface area contributed by atoms with E-state index in [2.05, 4.69) is 24.4 Å². The van der Waals surface area contributed by atoms with Gasteiger partial charge >= 0.3 is 0 Å². The number of hydrogen-bond acceptors (Lipinski definition) is 3. The third kappa shape index (κ3) is 3.21. The number of rotatable bonds is 4. The van der Waals surface area contributed by atoms with Gasteiger partial charge in [-0.05, 0) is 37.8 Å². The molecule has 1 fully saturated rings. The summed E-state index contributed by atoms with van der Waals surface area (Å²) in [5.74, 6) is 0.00481. The van der Waals surface area contributed by atoms with Crippen molar-refractivity contribution in [3.63, 3.8) is 0 Å². The Kier molecular flexibility index (Phi) is 4.98. The standard InChI is InChI=1S/C12H18N2OS.ClH/c1-2-9-4-5-10(16-9)8-14-11(15)12(13)6-3-7-12;/h4-5H,2-3,6-8,13H2,1H3,(H,14,15);1H. The smallest absolute Gasteiger partial charge is 0.240 e. The fourth-order valence-corrected chi connectivity index (χ4v) is 2.73. The van der Waals surface area contributed by atoms with Gasteiger partial charge in [0.2, 0.25) is 5.91 Å². The Labute approximate surface area is 112 Å². The maximum atomic E-state index is 11.8. The largest absolute Gasteiger partial charge is 0.350 e. The number of carbonyl (C=O) groups is 1. The average molecular weight is 275 g/mol. The van der Waals surface area contributed by atoms with Gasteiger partial charge in [0.25, 0.3) is 0 Å². The van der Waals surface area contributed by atoms with Crippen molar-refractivity contribution in [2.75, 3.05) is 0 Å². The van der Waals surface area contributed by atoms with Crippen LogP contribution in [0.4, 0.5) is 0 Å². The van der Waals surface area contributed by atoms with Gasteiger partial charge in [0.1, 0.15) is 0 Å². The van der Waals surface area contributed by atoms with Gasteiger partial charge in [-0.25, -0.2) is 0 Å². The van der Waals surface area contributed by atoms with E-state index in [1.807, 2.05) is 0 Å². The van der Waals surface area contributed by atoms with Gasteiger partial charge in [-0.15, -0.1) is 23.7 Å². The molecule has 0 unspecified atom stereocenters. The van der Waals surface area contributed by atoms with Gasteiger partial charge in [-0.3, -0.25) is 4.79 Å². The highest BCUT2D eigenvalue weighted by molar-refractivity contribution is 7.11. The molecule has 0 bridgehead atoms. The molecule has 3 nitrogen and oxygen atoms in total. The Morgan fingerprint density at radius 2 is 2.12 bits per heavy atom. The van der Waals surface area contributed by atoms with E-state index in [4.69, 9.17) is 5.73 Å². The molecule has 1 aliphatic carbocycles. The summed E-state index contributed by atoms with van der Waals surface area (Å²) in [6.45, 7) is 2.75. The Hall–Kier alpha value is -0.580. The summed E-state index contributed by atoms with van der Waals surface area (Å²) in [5, 5.41) is 2.93. The molecular weight excluding hydrogens is 256 g/mol. The molecule has 1 aliphatic rings. The summed E-state index contributed by atoms with van der Waals surface area (Å²) in [4.78, 5) is 14.3. The van der Waals surface area contributed by atoms with E-state index in [9.17, 15) is 4.79 Å². The van der Waals surface area contributed by atoms with E-state index >= 15 is 0 Å². The zero-order chi connectivity index (χ0) is 11.6. The number of nitrogens with two attached hydrogens (primary N) is 1. The first-order valence-electron chi connectivity index (χ1n) is 5.79. The lowest BCUT2D eigenvalue weighted by molar-refractivity contribution is -0.129. The van der Waals surface area contributed by atoms with Crippen molar-refractivity contribution in [2.45, 2.75) is 44.7 Å². The first kappa shape index (κ1) is 14.5. The predicted octanol–water partition coefficient (Wildman–Crippen LogP) is 2.23. The zero-order valence-corrected chi connectivity index (χ0v) is 11.6. The Balaban J connectivity index is 0.00000144. The van der Waals surface area contributed by atoms with E-state index in [-0.39, 0.29) is 18.3 Å². The van der Waals surface area contributed by atoms with Crippen LogP contribution in [0.1, 0.15) is 35.9 Å². The summed E-state index contributed by atoms with van der Waals surface area (Å²) in [6.07, 6.45) is 3.77. The van der Waals surface area contributed by atoms with E-state index in [1.54, 1.807) is 11.3 Å². The Morgan fingerprint density at radius 1 is 1.47 bits per heavy atom. The topological polar surface area (TPSA) is 55.1 Å². The van der Waals surface area contributed by atoms with Crippen molar-refractivity contribution in [3.8, 4) is 0 Å². The van der Waals surface area contributed by atoms with Crippen LogP contribution in [-0.2, 0) is 17.8 Å². The molecule has 1 heterocycles. The van der Waals surface area contributed by atoms with Gasteiger partial charge in [-0.2, -0.15) is 0 Å². The van der Waals surface area contributed by atoms with Crippen LogP contribution in [0.3, 0.4) is 0 Å². The lowest BCUT2D eigenvalue weighted by Crippen LogP contribution is -2.58. The molecule has 0 saturated heterocycles. The monoisotopic (exact) mass is 274 g/mol. The van der Waals surface area contributed by atoms with E-state index in [0.717, 1.165) is 25.7 Å². The fourth-order valence-electron chi connectivity index (χ4n) is 1.84. The summed E-state index contributed by atoms with van der Waals surface area (Å²) < 4.78 is 0. The SMILES string of the molecule is CCc1ccc(CNC(=O)C2(N)CCC2)s1.Cl. The molecule has 2 rings (SSSR count). The number of nitrogens with one attached hydrogen (secondary N) is 1. The van der Waals surface area contributed by atoms with Crippen LogP contribution in [0.15, 0.2) is 12.1 Å². The van der Waals surface area contributed by atoms with Crippen molar-refractivity contribution in [3.05, 3.63) is 21.9 Å². The lowest BCUT2D eigenvalue weighted by atomic mass is 9.77. The molecule has 5 heteroatoms. The third-order valence-electron chi connectivity index (χ3n) is 3.19. The van der Waals surface area contributed by atoms with Gasteiger partial charge in [0.15, 0.2) is 0 Å². The Morgan fingerprint density at radius 3 is 2.59 bits per heavy atom. The molecular formula is C12H19ClN2OS. The second-order valence-corrected chi connectivity index (χ2v) is 5.67. The van der Waals surface area contributed by atoms with Crippen LogP contribution in [0.5, 0.6) is 0 Å². The molecule has 0 aromatic carbocycles. The molecule has 1 amide bonds. The minimum Gasteiger partial charge on any atom is -0.350 e. The van der Waals surface area contributed by atoms with Crippen LogP contribution >= 0.6 is 23.7 Å². The summed E-state index contributed by atoms with van der Waals surface area (Å²) >= 11 is 1.76. The number of carbonyl (C=O) groups excluding carboxylic acids is 1. The summed E-state index contributed by atoms with van der Waals surface area (Å²) in [7, 11) is 0. The first-order chi connectivity index (χ1) is 7.64. The van der Waals surface area contributed by atoms with Crippen molar-refractivity contribution in [1.82, 2.24) is 5.32 Å². The van der Waals surface area contributed by atoms with Crippen molar-refractivity contribution < 1.29 is 4.79 Å². The summed E-state index contributed by atoms with van der Waals surface area (Å²) in [5.41, 5.74) is 5.35. The molecule has 0 aliphatic heterocycles. The van der Waals surface area contributed by atoms with Gasteiger partial charge in [-0.1, -0.05) is 6.92 Å². The van der Waals surface area contributed by atoms with E-state index < -0.39 is 5.54 Å². The average Bonchev–Trinajstić information content (AvgIpc) is 2.70.